The van der Waals surface area contributed by atoms with Crippen LogP contribution in [0.3, 0.4) is 0 Å². The minimum Gasteiger partial charge on any atom is -0.236 e. The van der Waals surface area contributed by atoms with Gasteiger partial charge < -0.3 is 0 Å². The van der Waals surface area contributed by atoms with Gasteiger partial charge in [-0.3, -0.25) is 0 Å². The van der Waals surface area contributed by atoms with Gasteiger partial charge in [0.25, 0.3) is 0 Å². The van der Waals surface area contributed by atoms with Crippen molar-refractivity contribution in [2.75, 3.05) is 0 Å². The van der Waals surface area contributed by atoms with Crippen molar-refractivity contribution in [3.63, 3.8) is 0 Å². The molecule has 23 heavy (non-hydrogen) atoms. The Bertz CT molecular complexity index is 953. The third kappa shape index (κ3) is 2.99. The molecule has 1 heterocycles. The summed E-state index contributed by atoms with van der Waals surface area (Å²) in [5.41, 5.74) is 1.77. The number of hydrogen-bond acceptors (Lipinski definition) is 3. The fourth-order valence-electron chi connectivity index (χ4n) is 2.45. The van der Waals surface area contributed by atoms with Crippen molar-refractivity contribution in [3.8, 4) is 0 Å². The Hall–Kier alpha value is -2.20. The Kier molecular flexibility index (Phi) is 3.72. The standard InChI is InChI=1S/C19H19NO2S/c1-19(2,3)15-9-11-16(12-10-15)23(21,22)18-13-8-14-6-4-5-7-17(14)20-18/h4-13H,1-3H3. The number of pyridine rings is 1. The summed E-state index contributed by atoms with van der Waals surface area (Å²) in [5.74, 6) is 0. The molecule has 0 unspecified atom stereocenters. The third-order valence-corrected chi connectivity index (χ3v) is 5.55. The molecule has 2 aromatic carbocycles. The molecule has 0 atom stereocenters. The number of benzene rings is 2. The summed E-state index contributed by atoms with van der Waals surface area (Å²) in [6.45, 7) is 6.30. The maximum absolute atomic E-state index is 12.8. The van der Waals surface area contributed by atoms with Gasteiger partial charge in [0, 0.05) is 5.39 Å². The van der Waals surface area contributed by atoms with Gasteiger partial charge in [-0.05, 0) is 41.3 Å². The van der Waals surface area contributed by atoms with Gasteiger partial charge in [0.2, 0.25) is 9.84 Å². The van der Waals surface area contributed by atoms with Crippen LogP contribution in [0.25, 0.3) is 10.9 Å². The molecule has 3 nitrogen and oxygen atoms in total. The molecule has 0 radical (unpaired) electrons. The van der Waals surface area contributed by atoms with Gasteiger partial charge in [-0.2, -0.15) is 0 Å². The monoisotopic (exact) mass is 325 g/mol. The van der Waals surface area contributed by atoms with E-state index in [0.29, 0.717) is 5.52 Å². The lowest BCUT2D eigenvalue weighted by atomic mass is 9.87. The molecule has 0 aliphatic heterocycles. The van der Waals surface area contributed by atoms with Gasteiger partial charge in [0.15, 0.2) is 5.03 Å². The van der Waals surface area contributed by atoms with Crippen molar-refractivity contribution < 1.29 is 8.42 Å². The van der Waals surface area contributed by atoms with E-state index >= 15 is 0 Å². The van der Waals surface area contributed by atoms with Crippen LogP contribution in [0.5, 0.6) is 0 Å². The zero-order chi connectivity index (χ0) is 16.7. The largest absolute Gasteiger partial charge is 0.236 e. The predicted octanol–water partition coefficient (Wildman–Crippen LogP) is 4.37. The highest BCUT2D eigenvalue weighted by Crippen LogP contribution is 2.26. The number of aromatic nitrogens is 1. The SMILES string of the molecule is CC(C)(C)c1ccc(S(=O)(=O)c2ccc3ccccc3n2)cc1. The second-order valence-corrected chi connectivity index (χ2v) is 8.52. The number of sulfone groups is 1. The van der Waals surface area contributed by atoms with Gasteiger partial charge >= 0.3 is 0 Å². The smallest absolute Gasteiger partial charge is 0.223 e. The lowest BCUT2D eigenvalue weighted by Crippen LogP contribution is -2.11. The zero-order valence-electron chi connectivity index (χ0n) is 13.4. The molecular formula is C19H19NO2S. The maximum Gasteiger partial charge on any atom is 0.223 e. The number of rotatable bonds is 2. The quantitative estimate of drug-likeness (QED) is 0.703. The molecule has 0 fully saturated rings. The normalized spacial score (nSPS) is 12.5. The Morgan fingerprint density at radius 3 is 2.13 bits per heavy atom. The molecule has 3 rings (SSSR count). The van der Waals surface area contributed by atoms with Crippen molar-refractivity contribution >= 4 is 20.7 Å². The van der Waals surface area contributed by atoms with Crippen LogP contribution in [0, 0.1) is 0 Å². The lowest BCUT2D eigenvalue weighted by Gasteiger charge is -2.19. The maximum atomic E-state index is 12.8. The van der Waals surface area contributed by atoms with E-state index in [1.165, 1.54) is 0 Å². The minimum atomic E-state index is -3.60. The van der Waals surface area contributed by atoms with E-state index in [0.717, 1.165) is 10.9 Å². The average Bonchev–Trinajstić information content (AvgIpc) is 2.53. The summed E-state index contributed by atoms with van der Waals surface area (Å²) in [7, 11) is -3.60. The predicted molar refractivity (Wildman–Crippen MR) is 92.3 cm³/mol. The molecule has 0 aliphatic carbocycles. The first-order chi connectivity index (χ1) is 10.8. The van der Waals surface area contributed by atoms with Crippen LogP contribution in [0.4, 0.5) is 0 Å². The van der Waals surface area contributed by atoms with Crippen molar-refractivity contribution in [1.82, 2.24) is 4.98 Å². The molecule has 3 aromatic rings. The minimum absolute atomic E-state index is 0.0104. The number of para-hydroxylation sites is 1. The highest BCUT2D eigenvalue weighted by Gasteiger charge is 2.21. The highest BCUT2D eigenvalue weighted by molar-refractivity contribution is 7.91. The number of fused-ring (bicyclic) bond motifs is 1. The summed E-state index contributed by atoms with van der Waals surface area (Å²) >= 11 is 0. The highest BCUT2D eigenvalue weighted by atomic mass is 32.2. The Morgan fingerprint density at radius 1 is 0.826 bits per heavy atom. The summed E-state index contributed by atoms with van der Waals surface area (Å²) in [6, 6.07) is 17.9. The molecule has 0 amide bonds. The Morgan fingerprint density at radius 2 is 1.48 bits per heavy atom. The molecule has 0 saturated carbocycles. The summed E-state index contributed by atoms with van der Waals surface area (Å²) in [4.78, 5) is 4.58. The first kappa shape index (κ1) is 15.7. The molecular weight excluding hydrogens is 306 g/mol. The summed E-state index contributed by atoms with van der Waals surface area (Å²) in [5, 5.41) is 1.01. The summed E-state index contributed by atoms with van der Waals surface area (Å²) in [6.07, 6.45) is 0. The van der Waals surface area contributed by atoms with E-state index in [9.17, 15) is 8.42 Å². The topological polar surface area (TPSA) is 47.0 Å². The van der Waals surface area contributed by atoms with E-state index in [1.54, 1.807) is 24.3 Å². The first-order valence-electron chi connectivity index (χ1n) is 7.50. The van der Waals surface area contributed by atoms with E-state index < -0.39 is 9.84 Å². The van der Waals surface area contributed by atoms with Gasteiger partial charge in [-0.15, -0.1) is 0 Å². The van der Waals surface area contributed by atoms with Gasteiger partial charge in [-0.1, -0.05) is 51.1 Å². The molecule has 118 valence electrons. The molecule has 0 saturated heterocycles. The second-order valence-electron chi connectivity index (χ2n) is 6.62. The van der Waals surface area contributed by atoms with Gasteiger partial charge in [0.1, 0.15) is 0 Å². The van der Waals surface area contributed by atoms with Crippen LogP contribution in [0.1, 0.15) is 26.3 Å². The van der Waals surface area contributed by atoms with Crippen LogP contribution < -0.4 is 0 Å². The van der Waals surface area contributed by atoms with Crippen LogP contribution in [-0.4, -0.2) is 13.4 Å². The van der Waals surface area contributed by atoms with E-state index in [4.69, 9.17) is 0 Å². The second kappa shape index (κ2) is 5.46. The number of nitrogens with zero attached hydrogens (tertiary/aromatic N) is 1. The van der Waals surface area contributed by atoms with E-state index in [1.807, 2.05) is 36.4 Å². The Balaban J connectivity index is 2.06. The molecule has 1 aromatic heterocycles. The van der Waals surface area contributed by atoms with Crippen LogP contribution in [-0.2, 0) is 15.3 Å². The van der Waals surface area contributed by atoms with Crippen LogP contribution in [0.2, 0.25) is 0 Å². The van der Waals surface area contributed by atoms with E-state index in [2.05, 4.69) is 25.8 Å². The van der Waals surface area contributed by atoms with Crippen molar-refractivity contribution in [3.05, 3.63) is 66.2 Å². The van der Waals surface area contributed by atoms with Gasteiger partial charge in [-0.25, -0.2) is 13.4 Å². The fourth-order valence-corrected chi connectivity index (χ4v) is 3.65. The molecule has 0 bridgehead atoms. The average molecular weight is 325 g/mol. The van der Waals surface area contributed by atoms with Crippen molar-refractivity contribution in [2.24, 2.45) is 0 Å². The molecule has 4 heteroatoms. The zero-order valence-corrected chi connectivity index (χ0v) is 14.3. The number of hydrogen-bond donors (Lipinski definition) is 0. The third-order valence-electron chi connectivity index (χ3n) is 3.88. The molecule has 0 N–H and O–H groups in total. The van der Waals surface area contributed by atoms with Gasteiger partial charge in [0.05, 0.1) is 10.4 Å². The first-order valence-corrected chi connectivity index (χ1v) is 8.98. The summed E-state index contributed by atoms with van der Waals surface area (Å²) < 4.78 is 25.6. The van der Waals surface area contributed by atoms with Crippen LogP contribution >= 0.6 is 0 Å². The van der Waals surface area contributed by atoms with Crippen molar-refractivity contribution in [2.45, 2.75) is 36.1 Å². The molecule has 0 spiro atoms. The van der Waals surface area contributed by atoms with Crippen LogP contribution in [0.15, 0.2) is 70.6 Å². The van der Waals surface area contributed by atoms with Crippen molar-refractivity contribution in [1.29, 1.82) is 0 Å². The molecule has 0 aliphatic rings. The lowest BCUT2D eigenvalue weighted by molar-refractivity contribution is 0.585. The fraction of sp³-hybridized carbons (Fsp3) is 0.211. The van der Waals surface area contributed by atoms with E-state index in [-0.39, 0.29) is 15.3 Å². The Labute approximate surface area is 136 Å².